The lowest BCUT2D eigenvalue weighted by Crippen LogP contribution is -2.10. The van der Waals surface area contributed by atoms with Crippen LogP contribution in [-0.4, -0.2) is 24.8 Å². The molecule has 126 valence electrons. The van der Waals surface area contributed by atoms with Gasteiger partial charge in [0.25, 0.3) is 5.56 Å². The molecule has 0 radical (unpaired) electrons. The number of hydrogen-bond acceptors (Lipinski definition) is 5. The summed E-state index contributed by atoms with van der Waals surface area (Å²) in [5.74, 6) is -0.349. The Bertz CT molecular complexity index is 1220. The zero-order chi connectivity index (χ0) is 18.4. The number of H-pyrrole nitrogens is 1. The molecule has 0 saturated carbocycles. The fraction of sp³-hybridized carbons (Fsp3) is 0.0588. The van der Waals surface area contributed by atoms with E-state index in [-0.39, 0.29) is 43.3 Å². The topological polar surface area (TPSA) is 111 Å². The molecule has 2 aromatic carbocycles. The maximum atomic E-state index is 12.4. The van der Waals surface area contributed by atoms with Crippen LogP contribution in [0.15, 0.2) is 46.1 Å². The molecule has 0 amide bonds. The summed E-state index contributed by atoms with van der Waals surface area (Å²) in [5, 5.41) is 20.0. The average Bonchev–Trinajstić information content (AvgIpc) is 2.54. The van der Waals surface area contributed by atoms with Gasteiger partial charge in [0.05, 0.1) is 26.6 Å². The van der Waals surface area contributed by atoms with E-state index in [4.69, 9.17) is 16.9 Å². The fourth-order valence-electron chi connectivity index (χ4n) is 2.54. The third-order valence-corrected chi connectivity index (χ3v) is 5.17. The molecular weight excluding hydrogens is 364 g/mol. The molecule has 1 aromatic heterocycles. The van der Waals surface area contributed by atoms with Gasteiger partial charge in [0.2, 0.25) is 0 Å². The highest BCUT2D eigenvalue weighted by Crippen LogP contribution is 2.34. The lowest BCUT2D eigenvalue weighted by Gasteiger charge is -2.09. The molecule has 2 N–H and O–H groups in total. The van der Waals surface area contributed by atoms with Crippen LogP contribution in [0.1, 0.15) is 5.56 Å². The fourth-order valence-corrected chi connectivity index (χ4v) is 3.41. The number of aromatic amines is 1. The minimum atomic E-state index is -3.47. The number of nitrogens with one attached hydrogen (secondary N) is 1. The third kappa shape index (κ3) is 2.97. The molecule has 6 nitrogen and oxygen atoms in total. The zero-order valence-corrected chi connectivity index (χ0v) is 14.4. The Morgan fingerprint density at radius 2 is 1.96 bits per heavy atom. The predicted molar refractivity (Wildman–Crippen MR) is 94.5 cm³/mol. The molecule has 8 heteroatoms. The summed E-state index contributed by atoms with van der Waals surface area (Å²) in [6, 6.07) is 10.4. The summed E-state index contributed by atoms with van der Waals surface area (Å²) in [6.07, 6.45) is 1.05. The number of fused-ring (bicyclic) bond motifs is 1. The maximum absolute atomic E-state index is 12.4. The van der Waals surface area contributed by atoms with Gasteiger partial charge in [-0.05, 0) is 29.8 Å². The number of aromatic hydroxyl groups is 1. The van der Waals surface area contributed by atoms with Crippen molar-refractivity contribution in [2.45, 2.75) is 4.90 Å². The van der Waals surface area contributed by atoms with E-state index in [1.54, 1.807) is 0 Å². The van der Waals surface area contributed by atoms with Crippen LogP contribution in [0.4, 0.5) is 0 Å². The van der Waals surface area contributed by atoms with Gasteiger partial charge in [-0.25, -0.2) is 8.42 Å². The van der Waals surface area contributed by atoms with Crippen molar-refractivity contribution >= 4 is 32.3 Å². The van der Waals surface area contributed by atoms with E-state index in [9.17, 15) is 18.3 Å². The predicted octanol–water partition coefficient (Wildman–Crippen LogP) is 2.83. The zero-order valence-electron chi connectivity index (χ0n) is 12.9. The number of halogens is 1. The highest BCUT2D eigenvalue weighted by Gasteiger charge is 2.17. The minimum absolute atomic E-state index is 0.0257. The standard InChI is InChI=1S/C17H11ClN2O4S/c1-25(23,24)11-4-2-3-9(5-11)15-16(21)12-6-10(8-19)13(18)7-14(12)20-17(15)22/h2-7H,1H3,(H2,20,21,22). The molecule has 0 spiro atoms. The maximum Gasteiger partial charge on any atom is 0.260 e. The number of aromatic nitrogens is 1. The van der Waals surface area contributed by atoms with Gasteiger partial charge >= 0.3 is 0 Å². The Labute approximate surface area is 147 Å². The molecule has 3 rings (SSSR count). The molecule has 0 unspecified atom stereocenters. The first-order valence-electron chi connectivity index (χ1n) is 7.01. The summed E-state index contributed by atoms with van der Waals surface area (Å²) in [4.78, 5) is 15.0. The van der Waals surface area contributed by atoms with Crippen molar-refractivity contribution in [3.05, 3.63) is 57.3 Å². The van der Waals surface area contributed by atoms with E-state index in [1.165, 1.54) is 36.4 Å². The van der Waals surface area contributed by atoms with Crippen molar-refractivity contribution in [1.29, 1.82) is 5.26 Å². The third-order valence-electron chi connectivity index (χ3n) is 3.75. The van der Waals surface area contributed by atoms with E-state index < -0.39 is 15.4 Å². The summed E-state index contributed by atoms with van der Waals surface area (Å²) in [5.41, 5.74) is -0.0143. The first-order chi connectivity index (χ1) is 11.7. The number of sulfone groups is 1. The number of pyridine rings is 1. The molecule has 0 aliphatic rings. The summed E-state index contributed by atoms with van der Waals surface area (Å²) in [7, 11) is -3.47. The molecule has 3 aromatic rings. The van der Waals surface area contributed by atoms with Crippen LogP contribution in [0, 0.1) is 11.3 Å². The summed E-state index contributed by atoms with van der Waals surface area (Å²) >= 11 is 5.94. The highest BCUT2D eigenvalue weighted by molar-refractivity contribution is 7.90. The van der Waals surface area contributed by atoms with Crippen LogP contribution in [-0.2, 0) is 9.84 Å². The SMILES string of the molecule is CS(=O)(=O)c1cccc(-c2c(O)c3cc(C#N)c(Cl)cc3[nH]c2=O)c1. The Morgan fingerprint density at radius 1 is 1.24 bits per heavy atom. The normalized spacial score (nSPS) is 11.4. The van der Waals surface area contributed by atoms with Crippen LogP contribution in [0.25, 0.3) is 22.0 Å². The second-order valence-electron chi connectivity index (χ2n) is 5.47. The first-order valence-corrected chi connectivity index (χ1v) is 9.28. The Hall–Kier alpha value is -2.82. The van der Waals surface area contributed by atoms with Crippen LogP contribution < -0.4 is 5.56 Å². The van der Waals surface area contributed by atoms with Crippen molar-refractivity contribution < 1.29 is 13.5 Å². The molecular formula is C17H11ClN2O4S. The Balaban J connectivity index is 2.37. The molecule has 0 fully saturated rings. The van der Waals surface area contributed by atoms with Crippen LogP contribution in [0.5, 0.6) is 5.75 Å². The molecule has 0 saturated heterocycles. The molecule has 0 bridgehead atoms. The smallest absolute Gasteiger partial charge is 0.260 e. The van der Waals surface area contributed by atoms with Crippen molar-refractivity contribution in [2.75, 3.05) is 6.26 Å². The van der Waals surface area contributed by atoms with Gasteiger partial charge in [0, 0.05) is 11.6 Å². The lowest BCUT2D eigenvalue weighted by molar-refractivity contribution is 0.482. The number of nitriles is 1. The van der Waals surface area contributed by atoms with E-state index in [0.29, 0.717) is 0 Å². The number of benzene rings is 2. The molecule has 1 heterocycles. The van der Waals surface area contributed by atoms with Crippen LogP contribution in [0.3, 0.4) is 0 Å². The summed E-state index contributed by atoms with van der Waals surface area (Å²) in [6.45, 7) is 0. The number of nitrogens with zero attached hydrogens (tertiary/aromatic N) is 1. The van der Waals surface area contributed by atoms with Crippen molar-refractivity contribution in [2.24, 2.45) is 0 Å². The van der Waals surface area contributed by atoms with Gasteiger partial charge in [-0.1, -0.05) is 23.7 Å². The van der Waals surface area contributed by atoms with Crippen molar-refractivity contribution in [1.82, 2.24) is 4.98 Å². The molecule has 0 aliphatic heterocycles. The van der Waals surface area contributed by atoms with Gasteiger partial charge in [0.1, 0.15) is 11.8 Å². The van der Waals surface area contributed by atoms with E-state index >= 15 is 0 Å². The molecule has 25 heavy (non-hydrogen) atoms. The van der Waals surface area contributed by atoms with Gasteiger partial charge in [-0.15, -0.1) is 0 Å². The lowest BCUT2D eigenvalue weighted by atomic mass is 10.0. The highest BCUT2D eigenvalue weighted by atomic mass is 35.5. The minimum Gasteiger partial charge on any atom is -0.506 e. The first kappa shape index (κ1) is 17.0. The van der Waals surface area contributed by atoms with Crippen LogP contribution >= 0.6 is 11.6 Å². The van der Waals surface area contributed by atoms with Crippen molar-refractivity contribution in [3.8, 4) is 22.9 Å². The van der Waals surface area contributed by atoms with E-state index in [2.05, 4.69) is 4.98 Å². The van der Waals surface area contributed by atoms with E-state index in [1.807, 2.05) is 6.07 Å². The van der Waals surface area contributed by atoms with Gasteiger partial charge in [-0.2, -0.15) is 5.26 Å². The second-order valence-corrected chi connectivity index (χ2v) is 7.89. The van der Waals surface area contributed by atoms with Gasteiger partial charge < -0.3 is 10.1 Å². The quantitative estimate of drug-likeness (QED) is 0.716. The average molecular weight is 375 g/mol. The van der Waals surface area contributed by atoms with Gasteiger partial charge in [0.15, 0.2) is 9.84 Å². The largest absolute Gasteiger partial charge is 0.506 e. The summed E-state index contributed by atoms with van der Waals surface area (Å²) < 4.78 is 23.4. The second kappa shape index (κ2) is 5.92. The molecule has 0 aliphatic carbocycles. The Kier molecular flexibility index (Phi) is 4.03. The van der Waals surface area contributed by atoms with Gasteiger partial charge in [-0.3, -0.25) is 4.79 Å². The van der Waals surface area contributed by atoms with Crippen LogP contribution in [0.2, 0.25) is 5.02 Å². The molecule has 0 atom stereocenters. The number of rotatable bonds is 2. The van der Waals surface area contributed by atoms with E-state index in [0.717, 1.165) is 6.26 Å². The Morgan fingerprint density at radius 3 is 2.60 bits per heavy atom. The van der Waals surface area contributed by atoms with Crippen molar-refractivity contribution in [3.63, 3.8) is 0 Å². The monoisotopic (exact) mass is 374 g/mol. The number of hydrogen-bond donors (Lipinski definition) is 2.